The van der Waals surface area contributed by atoms with Crippen molar-refractivity contribution in [2.24, 2.45) is 0 Å². The topological polar surface area (TPSA) is 167 Å². The van der Waals surface area contributed by atoms with Gasteiger partial charge in [0.15, 0.2) is 0 Å². The van der Waals surface area contributed by atoms with Gasteiger partial charge in [-0.3, -0.25) is 20.2 Å². The molecule has 0 amide bonds. The molecule has 0 N–H and O–H groups in total. The Bertz CT molecular complexity index is 682. The van der Waals surface area contributed by atoms with Gasteiger partial charge in [-0.05, 0) is 12.1 Å². The van der Waals surface area contributed by atoms with Crippen LogP contribution < -0.4 is 80.5 Å². The Morgan fingerprint density at radius 1 is 0.692 bits per heavy atom. The second kappa shape index (κ2) is 12.7. The van der Waals surface area contributed by atoms with Gasteiger partial charge in [-0.15, -0.1) is 0 Å². The van der Waals surface area contributed by atoms with Crippen LogP contribution in [0.4, 0.5) is 11.4 Å². The minimum absolute atomic E-state index is 0. The molecule has 0 bridgehead atoms. The Morgan fingerprint density at radius 3 is 1.15 bits per heavy atom. The van der Waals surface area contributed by atoms with E-state index in [1.54, 1.807) is 0 Å². The summed E-state index contributed by atoms with van der Waals surface area (Å²) in [5.74, 6) is -3.08. The van der Waals surface area contributed by atoms with Crippen LogP contribution in [0.5, 0.6) is 0 Å². The number of carbonyl (C=O) groups excluding carboxylic acids is 2. The van der Waals surface area contributed by atoms with Crippen LogP contribution in [0.3, 0.4) is 0 Å². The first-order valence-electron chi connectivity index (χ1n) is 6.15. The van der Waals surface area contributed by atoms with Gasteiger partial charge in [-0.2, -0.15) is 0 Å². The van der Waals surface area contributed by atoms with Gasteiger partial charge in [-0.1, -0.05) is 24.3 Å². The van der Waals surface area contributed by atoms with E-state index in [2.05, 4.69) is 0 Å². The van der Waals surface area contributed by atoms with Crippen molar-refractivity contribution in [3.05, 3.63) is 79.9 Å². The fourth-order valence-electron chi connectivity index (χ4n) is 1.61. The number of carboxylic acid groups (broad SMARTS) is 2. The third-order valence-electron chi connectivity index (χ3n) is 2.64. The van der Waals surface area contributed by atoms with Crippen LogP contribution in [0, 0.1) is 20.2 Å². The first-order valence-corrected chi connectivity index (χ1v) is 6.15. The minimum Gasteiger partial charge on any atom is -0.545 e. The van der Waals surface area contributed by atoms with Crippen molar-refractivity contribution < 1.29 is 99.9 Å². The number of rotatable bonds is 4. The molecule has 0 heterocycles. The molecular weight excluding hydrogens is 370 g/mol. The van der Waals surface area contributed by atoms with Gasteiger partial charge in [-0.25, -0.2) is 0 Å². The third-order valence-corrected chi connectivity index (χ3v) is 2.64. The van der Waals surface area contributed by atoms with Crippen molar-refractivity contribution in [3.63, 3.8) is 0 Å². The molecule has 0 unspecified atom stereocenters. The van der Waals surface area contributed by atoms with Crippen LogP contribution in [0.2, 0.25) is 0 Å². The smallest absolute Gasteiger partial charge is 0.545 e. The van der Waals surface area contributed by atoms with Gasteiger partial charge in [0.25, 0.3) is 11.4 Å². The standard InChI is InChI=1S/2C7H5NO4.K.Li/c2*9-7(10)5-3-1-2-4-6(5)8(11)12;;/h2*1-4H,(H,9,10);;/q;;2*+1/p-2. The molecular formula is C14H8KLiN2O8. The minimum atomic E-state index is -1.54. The molecule has 0 saturated carbocycles. The van der Waals surface area contributed by atoms with Gasteiger partial charge >= 0.3 is 70.2 Å². The number of aromatic carboxylic acids is 2. The van der Waals surface area contributed by atoms with E-state index in [9.17, 15) is 40.0 Å². The van der Waals surface area contributed by atoms with E-state index in [0.717, 1.165) is 24.3 Å². The summed E-state index contributed by atoms with van der Waals surface area (Å²) in [6.45, 7) is 0. The van der Waals surface area contributed by atoms with Gasteiger partial charge in [0, 0.05) is 12.1 Å². The van der Waals surface area contributed by atoms with Gasteiger partial charge in [0.05, 0.1) is 32.9 Å². The fourth-order valence-corrected chi connectivity index (χ4v) is 1.61. The van der Waals surface area contributed by atoms with Gasteiger partial charge in [0.2, 0.25) is 0 Å². The summed E-state index contributed by atoms with van der Waals surface area (Å²) in [5.41, 5.74) is -1.69. The Balaban J connectivity index is 0. The molecule has 0 fully saturated rings. The number of benzene rings is 2. The second-order valence-corrected chi connectivity index (χ2v) is 4.12. The fraction of sp³-hybridized carbons (Fsp3) is 0. The van der Waals surface area contributed by atoms with E-state index < -0.39 is 44.3 Å². The van der Waals surface area contributed by atoms with Crippen molar-refractivity contribution in [3.8, 4) is 0 Å². The maximum Gasteiger partial charge on any atom is 1.00 e. The van der Waals surface area contributed by atoms with E-state index in [0.29, 0.717) is 0 Å². The third kappa shape index (κ3) is 7.75. The van der Waals surface area contributed by atoms with E-state index in [1.165, 1.54) is 24.3 Å². The Kier molecular flexibility index (Phi) is 13.0. The molecule has 0 aliphatic heterocycles. The SMILES string of the molecule is O=C([O-])c1ccccc1[N+](=O)[O-].O=C([O-])c1ccccc1[N+](=O)[O-].[K+].[Li+]. The first-order chi connectivity index (χ1) is 11.3. The molecule has 2 aromatic carbocycles. The molecule has 26 heavy (non-hydrogen) atoms. The number of hydrogen-bond donors (Lipinski definition) is 0. The normalized spacial score (nSPS) is 8.62. The van der Waals surface area contributed by atoms with Crippen LogP contribution in [-0.4, -0.2) is 21.8 Å². The number of hydrogen-bond acceptors (Lipinski definition) is 8. The molecule has 0 aliphatic rings. The van der Waals surface area contributed by atoms with Crippen LogP contribution in [0.25, 0.3) is 0 Å². The Hall–Kier alpha value is -1.59. The molecule has 12 heteroatoms. The zero-order chi connectivity index (χ0) is 18.3. The number of para-hydroxylation sites is 2. The maximum absolute atomic E-state index is 10.3. The van der Waals surface area contributed by atoms with Crippen LogP contribution in [0.15, 0.2) is 48.5 Å². The summed E-state index contributed by atoms with van der Waals surface area (Å²) in [6, 6.07) is 10.1. The summed E-state index contributed by atoms with van der Waals surface area (Å²) in [4.78, 5) is 39.6. The number of carbonyl (C=O) groups is 2. The van der Waals surface area contributed by atoms with Crippen LogP contribution in [-0.2, 0) is 0 Å². The van der Waals surface area contributed by atoms with Crippen LogP contribution >= 0.6 is 0 Å². The molecule has 0 aliphatic carbocycles. The van der Waals surface area contributed by atoms with Crippen LogP contribution in [0.1, 0.15) is 20.7 Å². The summed E-state index contributed by atoms with van der Waals surface area (Å²) >= 11 is 0. The quantitative estimate of drug-likeness (QED) is 0.288. The monoisotopic (exact) mass is 378 g/mol. The number of nitro benzene ring substituents is 2. The summed E-state index contributed by atoms with van der Waals surface area (Å²) in [5, 5.41) is 41.1. The molecule has 0 radical (unpaired) electrons. The number of nitrogens with zero attached hydrogens (tertiary/aromatic N) is 2. The van der Waals surface area contributed by atoms with Crippen molar-refractivity contribution in [2.75, 3.05) is 0 Å². The first kappa shape index (κ1) is 26.6. The molecule has 0 atom stereocenters. The van der Waals surface area contributed by atoms with E-state index >= 15 is 0 Å². The Morgan fingerprint density at radius 2 is 0.962 bits per heavy atom. The van der Waals surface area contributed by atoms with E-state index in [1.807, 2.05) is 0 Å². The largest absolute Gasteiger partial charge is 1.00 e. The maximum atomic E-state index is 10.3. The van der Waals surface area contributed by atoms with Crippen molar-refractivity contribution in [1.29, 1.82) is 0 Å². The number of nitro groups is 2. The predicted octanol–water partition coefficient (Wildman–Crippen LogP) is -6.08. The molecule has 0 saturated heterocycles. The zero-order valence-corrected chi connectivity index (χ0v) is 16.9. The summed E-state index contributed by atoms with van der Waals surface area (Å²) < 4.78 is 0. The Labute approximate surface area is 201 Å². The second-order valence-electron chi connectivity index (χ2n) is 4.12. The average molecular weight is 378 g/mol. The molecule has 0 spiro atoms. The van der Waals surface area contributed by atoms with Crippen molar-refractivity contribution in [2.45, 2.75) is 0 Å². The molecule has 124 valence electrons. The van der Waals surface area contributed by atoms with Crippen molar-refractivity contribution >= 4 is 23.3 Å². The van der Waals surface area contributed by atoms with E-state index in [-0.39, 0.29) is 70.2 Å². The molecule has 2 rings (SSSR count). The molecule has 10 nitrogen and oxygen atoms in total. The predicted molar refractivity (Wildman–Crippen MR) is 74.9 cm³/mol. The summed E-state index contributed by atoms with van der Waals surface area (Å²) in [6.07, 6.45) is 0. The zero-order valence-electron chi connectivity index (χ0n) is 13.8. The molecule has 0 aromatic heterocycles. The average Bonchev–Trinajstić information content (AvgIpc) is 2.55. The van der Waals surface area contributed by atoms with E-state index in [4.69, 9.17) is 0 Å². The molecule has 2 aromatic rings. The van der Waals surface area contributed by atoms with Gasteiger partial charge < -0.3 is 19.8 Å². The van der Waals surface area contributed by atoms with Crippen molar-refractivity contribution in [1.82, 2.24) is 0 Å². The number of carboxylic acids is 2. The van der Waals surface area contributed by atoms with Gasteiger partial charge in [0.1, 0.15) is 0 Å². The summed E-state index contributed by atoms with van der Waals surface area (Å²) in [7, 11) is 0.